The quantitative estimate of drug-likeness (QED) is 0.565. The van der Waals surface area contributed by atoms with E-state index in [-0.39, 0.29) is 18.7 Å². The van der Waals surface area contributed by atoms with Gasteiger partial charge in [0.25, 0.3) is 0 Å². The van der Waals surface area contributed by atoms with Gasteiger partial charge >= 0.3 is 6.09 Å². The van der Waals surface area contributed by atoms with Crippen LogP contribution in [0.3, 0.4) is 0 Å². The van der Waals surface area contributed by atoms with Crippen LogP contribution in [-0.4, -0.2) is 17.5 Å². The van der Waals surface area contributed by atoms with Gasteiger partial charge in [-0.3, -0.25) is 4.90 Å². The molecule has 29 heavy (non-hydrogen) atoms. The highest BCUT2D eigenvalue weighted by Gasteiger charge is 2.30. The lowest BCUT2D eigenvalue weighted by Crippen LogP contribution is -2.39. The fraction of sp³-hybridized carbons (Fsp3) is 0.192. The molecule has 0 bridgehead atoms. The molecule has 1 amide bonds. The van der Waals surface area contributed by atoms with Crippen LogP contribution in [-0.2, 0) is 17.8 Å². The highest BCUT2D eigenvalue weighted by atomic mass is 16.6. The molecule has 1 aliphatic heterocycles. The zero-order valence-corrected chi connectivity index (χ0v) is 16.5. The SMILES string of the molecule is Cc1cccc(C#C[C@H]2c3ccccc3CCN2C(=O)OCc2ccccc2)c1. The molecule has 1 heterocycles. The molecule has 3 aromatic rings. The lowest BCUT2D eigenvalue weighted by molar-refractivity contribution is 0.0862. The largest absolute Gasteiger partial charge is 0.445 e. The van der Waals surface area contributed by atoms with E-state index in [1.807, 2.05) is 67.6 Å². The van der Waals surface area contributed by atoms with Crippen molar-refractivity contribution in [2.24, 2.45) is 0 Å². The Hall–Kier alpha value is -3.51. The van der Waals surface area contributed by atoms with Gasteiger partial charge in [-0.15, -0.1) is 0 Å². The summed E-state index contributed by atoms with van der Waals surface area (Å²) in [6, 6.07) is 25.7. The van der Waals surface area contributed by atoms with E-state index >= 15 is 0 Å². The first kappa shape index (κ1) is 18.8. The van der Waals surface area contributed by atoms with Gasteiger partial charge in [0.15, 0.2) is 0 Å². The molecule has 3 aromatic carbocycles. The number of nitrogens with zero attached hydrogens (tertiary/aromatic N) is 1. The predicted octanol–water partition coefficient (Wildman–Crippen LogP) is 5.28. The summed E-state index contributed by atoms with van der Waals surface area (Å²) < 4.78 is 5.60. The molecule has 0 spiro atoms. The van der Waals surface area contributed by atoms with Crippen molar-refractivity contribution in [1.82, 2.24) is 4.90 Å². The van der Waals surface area contributed by atoms with Crippen LogP contribution >= 0.6 is 0 Å². The number of carbonyl (C=O) groups is 1. The molecule has 1 aliphatic rings. The van der Waals surface area contributed by atoms with Gasteiger partial charge in [-0.2, -0.15) is 0 Å². The van der Waals surface area contributed by atoms with Gasteiger partial charge in [-0.1, -0.05) is 78.6 Å². The Kier molecular flexibility index (Phi) is 5.63. The van der Waals surface area contributed by atoms with Gasteiger partial charge in [-0.25, -0.2) is 4.79 Å². The standard InChI is InChI=1S/C26H23NO2/c1-20-8-7-11-21(18-20)14-15-25-24-13-6-5-12-23(24)16-17-27(25)26(28)29-19-22-9-3-2-4-10-22/h2-13,18,25H,16-17,19H2,1H3/t25-/m0/s1. The molecule has 0 N–H and O–H groups in total. The highest BCUT2D eigenvalue weighted by Crippen LogP contribution is 2.30. The molecule has 3 nitrogen and oxygen atoms in total. The van der Waals surface area contributed by atoms with E-state index in [0.29, 0.717) is 6.54 Å². The van der Waals surface area contributed by atoms with E-state index in [2.05, 4.69) is 30.0 Å². The lowest BCUT2D eigenvalue weighted by atomic mass is 9.93. The molecule has 0 radical (unpaired) electrons. The van der Waals surface area contributed by atoms with E-state index < -0.39 is 0 Å². The van der Waals surface area contributed by atoms with Crippen molar-refractivity contribution in [3.05, 3.63) is 107 Å². The number of carbonyl (C=O) groups excluding carboxylic acids is 1. The fourth-order valence-corrected chi connectivity index (χ4v) is 3.60. The van der Waals surface area contributed by atoms with Crippen molar-refractivity contribution >= 4 is 6.09 Å². The van der Waals surface area contributed by atoms with Gasteiger partial charge in [0.2, 0.25) is 0 Å². The summed E-state index contributed by atoms with van der Waals surface area (Å²) >= 11 is 0. The highest BCUT2D eigenvalue weighted by molar-refractivity contribution is 5.70. The second-order valence-corrected chi connectivity index (χ2v) is 7.22. The van der Waals surface area contributed by atoms with Crippen molar-refractivity contribution < 1.29 is 9.53 Å². The van der Waals surface area contributed by atoms with E-state index in [1.165, 1.54) is 11.1 Å². The monoisotopic (exact) mass is 381 g/mol. The van der Waals surface area contributed by atoms with Crippen molar-refractivity contribution in [2.45, 2.75) is 26.0 Å². The number of fused-ring (bicyclic) bond motifs is 1. The predicted molar refractivity (Wildman–Crippen MR) is 114 cm³/mol. The summed E-state index contributed by atoms with van der Waals surface area (Å²) in [6.45, 7) is 2.90. The molecule has 3 heteroatoms. The van der Waals surface area contributed by atoms with Crippen LogP contribution in [0.2, 0.25) is 0 Å². The summed E-state index contributed by atoms with van der Waals surface area (Å²) in [5.41, 5.74) is 5.41. The average molecular weight is 381 g/mol. The number of benzene rings is 3. The maximum Gasteiger partial charge on any atom is 0.411 e. The van der Waals surface area contributed by atoms with Crippen LogP contribution in [0.5, 0.6) is 0 Å². The lowest BCUT2D eigenvalue weighted by Gasteiger charge is -2.33. The van der Waals surface area contributed by atoms with Crippen LogP contribution in [0.15, 0.2) is 78.9 Å². The Morgan fingerprint density at radius 1 is 1.03 bits per heavy atom. The maximum absolute atomic E-state index is 12.9. The van der Waals surface area contributed by atoms with Gasteiger partial charge in [-0.05, 0) is 47.7 Å². The number of rotatable bonds is 2. The molecular formula is C26H23NO2. The molecule has 4 rings (SSSR count). The first-order chi connectivity index (χ1) is 14.2. The molecule has 0 aromatic heterocycles. The van der Waals surface area contributed by atoms with E-state index in [4.69, 9.17) is 4.74 Å². The fourth-order valence-electron chi connectivity index (χ4n) is 3.60. The summed E-state index contributed by atoms with van der Waals surface area (Å²) in [5, 5.41) is 0. The van der Waals surface area contributed by atoms with Crippen molar-refractivity contribution in [2.75, 3.05) is 6.54 Å². The maximum atomic E-state index is 12.9. The Morgan fingerprint density at radius 2 is 1.83 bits per heavy atom. The topological polar surface area (TPSA) is 29.5 Å². The Balaban J connectivity index is 1.59. The number of amides is 1. The number of hydrogen-bond donors (Lipinski definition) is 0. The normalized spacial score (nSPS) is 15.1. The second-order valence-electron chi connectivity index (χ2n) is 7.22. The molecule has 0 saturated carbocycles. The Morgan fingerprint density at radius 3 is 2.66 bits per heavy atom. The van der Waals surface area contributed by atoms with E-state index in [0.717, 1.165) is 23.1 Å². The van der Waals surface area contributed by atoms with Crippen LogP contribution in [0.4, 0.5) is 4.79 Å². The molecule has 0 fully saturated rings. The van der Waals surface area contributed by atoms with Crippen LogP contribution in [0.25, 0.3) is 0 Å². The third-order valence-electron chi connectivity index (χ3n) is 5.09. The molecule has 0 saturated heterocycles. The smallest absolute Gasteiger partial charge is 0.411 e. The zero-order valence-electron chi connectivity index (χ0n) is 16.5. The van der Waals surface area contributed by atoms with Gasteiger partial charge in [0, 0.05) is 12.1 Å². The molecule has 0 aliphatic carbocycles. The summed E-state index contributed by atoms with van der Waals surface area (Å²) in [6.07, 6.45) is 0.478. The molecule has 1 atom stereocenters. The van der Waals surface area contributed by atoms with Gasteiger partial charge in [0.05, 0.1) is 0 Å². The average Bonchev–Trinajstić information content (AvgIpc) is 2.76. The van der Waals surface area contributed by atoms with Crippen LogP contribution in [0.1, 0.15) is 33.9 Å². The van der Waals surface area contributed by atoms with Crippen LogP contribution < -0.4 is 0 Å². The van der Waals surface area contributed by atoms with Gasteiger partial charge in [0.1, 0.15) is 12.6 Å². The van der Waals surface area contributed by atoms with Gasteiger partial charge < -0.3 is 4.74 Å². The van der Waals surface area contributed by atoms with Crippen molar-refractivity contribution in [3.8, 4) is 11.8 Å². The van der Waals surface area contributed by atoms with E-state index in [1.54, 1.807) is 4.90 Å². The van der Waals surface area contributed by atoms with Crippen molar-refractivity contribution in [3.63, 3.8) is 0 Å². The van der Waals surface area contributed by atoms with E-state index in [9.17, 15) is 4.79 Å². The number of ether oxygens (including phenoxy) is 1. The Labute approximate surface area is 171 Å². The number of aryl methyl sites for hydroxylation is 1. The third kappa shape index (κ3) is 4.50. The van der Waals surface area contributed by atoms with Crippen molar-refractivity contribution in [1.29, 1.82) is 0 Å². The summed E-state index contributed by atoms with van der Waals surface area (Å²) in [5.74, 6) is 6.58. The molecule has 0 unspecified atom stereocenters. The minimum Gasteiger partial charge on any atom is -0.445 e. The Bertz CT molecular complexity index is 1060. The minimum absolute atomic E-state index is 0.260. The first-order valence-electron chi connectivity index (χ1n) is 9.84. The summed E-state index contributed by atoms with van der Waals surface area (Å²) in [4.78, 5) is 14.6. The molecular weight excluding hydrogens is 358 g/mol. The molecule has 144 valence electrons. The zero-order chi connectivity index (χ0) is 20.1. The van der Waals surface area contributed by atoms with Crippen LogP contribution in [0, 0.1) is 18.8 Å². The second kappa shape index (κ2) is 8.67. The first-order valence-corrected chi connectivity index (χ1v) is 9.84. The summed E-state index contributed by atoms with van der Waals surface area (Å²) in [7, 11) is 0. The third-order valence-corrected chi connectivity index (χ3v) is 5.09. The minimum atomic E-state index is -0.327. The number of hydrogen-bond acceptors (Lipinski definition) is 2.